The van der Waals surface area contributed by atoms with E-state index in [9.17, 15) is 14.4 Å². The van der Waals surface area contributed by atoms with Crippen LogP contribution in [-0.2, 0) is 16.0 Å². The zero-order valence-electron chi connectivity index (χ0n) is 19.8. The van der Waals surface area contributed by atoms with Crippen molar-refractivity contribution in [3.05, 3.63) is 45.9 Å². The standard InChI is InChI=1S/C24H33ClN4O3S/c1-5-11-28(12-6-2)22(31)13-20-16-33-24(26-20)27-21(30)15-29(14-17(3)4)23(32)18-7-9-19(25)10-8-18/h7-10,16-17H,5-6,11-15H2,1-4H3,(H,26,27,30). The van der Waals surface area contributed by atoms with Crippen LogP contribution >= 0.6 is 22.9 Å². The van der Waals surface area contributed by atoms with Gasteiger partial charge in [-0.2, -0.15) is 0 Å². The highest BCUT2D eigenvalue weighted by atomic mass is 35.5. The highest BCUT2D eigenvalue weighted by Crippen LogP contribution is 2.17. The van der Waals surface area contributed by atoms with Crippen molar-refractivity contribution in [1.29, 1.82) is 0 Å². The maximum absolute atomic E-state index is 12.9. The van der Waals surface area contributed by atoms with Gasteiger partial charge in [0, 0.05) is 35.6 Å². The Bertz CT molecular complexity index is 924. The van der Waals surface area contributed by atoms with Crippen molar-refractivity contribution in [3.63, 3.8) is 0 Å². The Hall–Kier alpha value is -2.45. The number of carbonyl (C=O) groups excluding carboxylic acids is 3. The molecule has 0 aliphatic carbocycles. The number of nitrogens with one attached hydrogen (secondary N) is 1. The summed E-state index contributed by atoms with van der Waals surface area (Å²) in [6.45, 7) is 9.89. The molecule has 0 fully saturated rings. The van der Waals surface area contributed by atoms with Crippen LogP contribution in [0.2, 0.25) is 5.02 Å². The number of hydrogen-bond donors (Lipinski definition) is 1. The summed E-state index contributed by atoms with van der Waals surface area (Å²) in [5.41, 5.74) is 1.11. The van der Waals surface area contributed by atoms with E-state index in [2.05, 4.69) is 10.3 Å². The molecule has 0 spiro atoms. The Balaban J connectivity index is 2.00. The molecule has 2 rings (SSSR count). The van der Waals surface area contributed by atoms with Gasteiger partial charge in [-0.25, -0.2) is 4.98 Å². The van der Waals surface area contributed by atoms with Crippen LogP contribution in [0.25, 0.3) is 0 Å². The fourth-order valence-corrected chi connectivity index (χ4v) is 4.23. The van der Waals surface area contributed by atoms with E-state index in [4.69, 9.17) is 11.6 Å². The lowest BCUT2D eigenvalue weighted by atomic mass is 10.1. The van der Waals surface area contributed by atoms with Crippen LogP contribution in [0.1, 0.15) is 56.6 Å². The first-order valence-corrected chi connectivity index (χ1v) is 12.6. The Labute approximate surface area is 205 Å². The highest BCUT2D eigenvalue weighted by Gasteiger charge is 2.21. The van der Waals surface area contributed by atoms with Crippen LogP contribution < -0.4 is 5.32 Å². The number of anilines is 1. The Kier molecular flexibility index (Phi) is 10.8. The van der Waals surface area contributed by atoms with Crippen LogP contribution in [0.15, 0.2) is 29.6 Å². The molecule has 0 aliphatic rings. The second-order valence-corrected chi connectivity index (χ2v) is 9.63. The summed E-state index contributed by atoms with van der Waals surface area (Å²) in [5.74, 6) is -0.323. The third-order valence-electron chi connectivity index (χ3n) is 4.77. The molecule has 1 heterocycles. The van der Waals surface area contributed by atoms with Gasteiger partial charge in [-0.3, -0.25) is 14.4 Å². The topological polar surface area (TPSA) is 82.6 Å². The van der Waals surface area contributed by atoms with Gasteiger partial charge in [-0.1, -0.05) is 39.3 Å². The third kappa shape index (κ3) is 8.78. The summed E-state index contributed by atoms with van der Waals surface area (Å²) in [6, 6.07) is 6.62. The number of aromatic nitrogens is 1. The predicted octanol–water partition coefficient (Wildman–Crippen LogP) is 4.72. The number of nitrogens with zero attached hydrogens (tertiary/aromatic N) is 3. The monoisotopic (exact) mass is 492 g/mol. The number of amides is 3. The van der Waals surface area contributed by atoms with Gasteiger partial charge < -0.3 is 15.1 Å². The average molecular weight is 493 g/mol. The van der Waals surface area contributed by atoms with E-state index in [1.807, 2.05) is 32.6 Å². The molecule has 9 heteroatoms. The number of rotatable bonds is 12. The van der Waals surface area contributed by atoms with Gasteiger partial charge in [0.1, 0.15) is 6.54 Å². The lowest BCUT2D eigenvalue weighted by Gasteiger charge is -2.24. The first-order chi connectivity index (χ1) is 15.7. The largest absolute Gasteiger partial charge is 0.342 e. The maximum Gasteiger partial charge on any atom is 0.254 e. The van der Waals surface area contributed by atoms with Crippen LogP contribution in [0.4, 0.5) is 5.13 Å². The zero-order chi connectivity index (χ0) is 24.4. The molecule has 1 N–H and O–H groups in total. The van der Waals surface area contributed by atoms with Crippen molar-refractivity contribution >= 4 is 45.8 Å². The molecule has 0 saturated carbocycles. The molecule has 1 aromatic carbocycles. The van der Waals surface area contributed by atoms with E-state index in [-0.39, 0.29) is 36.6 Å². The van der Waals surface area contributed by atoms with E-state index in [0.717, 1.165) is 25.9 Å². The van der Waals surface area contributed by atoms with Crippen LogP contribution in [0.3, 0.4) is 0 Å². The molecule has 1 aromatic heterocycles. The van der Waals surface area contributed by atoms with Crippen molar-refractivity contribution < 1.29 is 14.4 Å². The first kappa shape index (κ1) is 26.8. The van der Waals surface area contributed by atoms with E-state index in [1.165, 1.54) is 16.2 Å². The fraction of sp³-hybridized carbons (Fsp3) is 0.500. The van der Waals surface area contributed by atoms with Crippen molar-refractivity contribution in [2.45, 2.75) is 47.0 Å². The normalized spacial score (nSPS) is 10.8. The Morgan fingerprint density at radius 2 is 1.70 bits per heavy atom. The minimum atomic E-state index is -0.330. The van der Waals surface area contributed by atoms with Crippen molar-refractivity contribution in [2.75, 3.05) is 31.5 Å². The SMILES string of the molecule is CCCN(CCC)C(=O)Cc1csc(NC(=O)CN(CC(C)C)C(=O)c2ccc(Cl)cc2)n1. The van der Waals surface area contributed by atoms with Gasteiger partial charge in [0.05, 0.1) is 12.1 Å². The summed E-state index contributed by atoms with van der Waals surface area (Å²) >= 11 is 7.19. The summed E-state index contributed by atoms with van der Waals surface area (Å²) in [4.78, 5) is 45.9. The van der Waals surface area contributed by atoms with E-state index in [0.29, 0.717) is 28.0 Å². The molecule has 180 valence electrons. The zero-order valence-corrected chi connectivity index (χ0v) is 21.3. The quantitative estimate of drug-likeness (QED) is 0.464. The van der Waals surface area contributed by atoms with Crippen LogP contribution in [0, 0.1) is 5.92 Å². The lowest BCUT2D eigenvalue weighted by molar-refractivity contribution is -0.130. The molecular formula is C24H33ClN4O3S. The van der Waals surface area contributed by atoms with E-state index in [1.54, 1.807) is 29.6 Å². The average Bonchev–Trinajstić information content (AvgIpc) is 3.19. The molecule has 0 radical (unpaired) electrons. The fourth-order valence-electron chi connectivity index (χ4n) is 3.38. The first-order valence-electron chi connectivity index (χ1n) is 11.3. The molecule has 7 nitrogen and oxygen atoms in total. The van der Waals surface area contributed by atoms with Gasteiger partial charge in [-0.15, -0.1) is 11.3 Å². The van der Waals surface area contributed by atoms with Gasteiger partial charge in [0.2, 0.25) is 11.8 Å². The molecule has 0 unspecified atom stereocenters. The summed E-state index contributed by atoms with van der Waals surface area (Å²) in [5, 5.41) is 5.52. The number of halogens is 1. The Morgan fingerprint density at radius 1 is 1.06 bits per heavy atom. The highest BCUT2D eigenvalue weighted by molar-refractivity contribution is 7.13. The van der Waals surface area contributed by atoms with Crippen molar-refractivity contribution in [2.24, 2.45) is 5.92 Å². The van der Waals surface area contributed by atoms with E-state index < -0.39 is 0 Å². The molecule has 0 aliphatic heterocycles. The number of benzene rings is 1. The summed E-state index contributed by atoms with van der Waals surface area (Å²) in [7, 11) is 0. The number of hydrogen-bond acceptors (Lipinski definition) is 5. The second kappa shape index (κ2) is 13.3. The Morgan fingerprint density at radius 3 is 2.27 bits per heavy atom. The second-order valence-electron chi connectivity index (χ2n) is 8.34. The van der Waals surface area contributed by atoms with Crippen molar-refractivity contribution in [3.8, 4) is 0 Å². The van der Waals surface area contributed by atoms with E-state index >= 15 is 0 Å². The lowest BCUT2D eigenvalue weighted by Crippen LogP contribution is -2.40. The summed E-state index contributed by atoms with van der Waals surface area (Å²) in [6.07, 6.45) is 2.03. The minimum absolute atomic E-state index is 0.0403. The molecule has 0 bridgehead atoms. The van der Waals surface area contributed by atoms with Crippen LogP contribution in [0.5, 0.6) is 0 Å². The molecule has 0 atom stereocenters. The number of thiazole rings is 1. The minimum Gasteiger partial charge on any atom is -0.342 e. The third-order valence-corrected chi connectivity index (χ3v) is 5.83. The van der Waals surface area contributed by atoms with Gasteiger partial charge >= 0.3 is 0 Å². The molecule has 2 aromatic rings. The van der Waals surface area contributed by atoms with Crippen molar-refractivity contribution in [1.82, 2.24) is 14.8 Å². The predicted molar refractivity (Wildman–Crippen MR) is 134 cm³/mol. The maximum atomic E-state index is 12.9. The summed E-state index contributed by atoms with van der Waals surface area (Å²) < 4.78 is 0. The van der Waals surface area contributed by atoms with Crippen LogP contribution in [-0.4, -0.2) is 58.7 Å². The number of carbonyl (C=O) groups is 3. The molecule has 0 saturated heterocycles. The van der Waals surface area contributed by atoms with Gasteiger partial charge in [-0.05, 0) is 43.0 Å². The molecular weight excluding hydrogens is 460 g/mol. The molecule has 33 heavy (non-hydrogen) atoms. The van der Waals surface area contributed by atoms with Gasteiger partial charge in [0.25, 0.3) is 5.91 Å². The molecule has 3 amide bonds. The van der Waals surface area contributed by atoms with Gasteiger partial charge in [0.15, 0.2) is 5.13 Å². The smallest absolute Gasteiger partial charge is 0.254 e.